The largest absolute Gasteiger partial charge is 0.416 e. The molecule has 1 aromatic heterocycles. The quantitative estimate of drug-likeness (QED) is 0.704. The summed E-state index contributed by atoms with van der Waals surface area (Å²) in [6, 6.07) is 0.608. The maximum absolute atomic E-state index is 15.4. The summed E-state index contributed by atoms with van der Waals surface area (Å²) < 4.78 is 97.5. The number of halogens is 5. The Hall–Kier alpha value is -2.01. The smallest absolute Gasteiger partial charge is 0.276 e. The van der Waals surface area contributed by atoms with Crippen molar-refractivity contribution >= 4 is 10.0 Å². The Morgan fingerprint density at radius 2 is 1.63 bits per heavy atom. The van der Waals surface area contributed by atoms with Crippen molar-refractivity contribution in [1.82, 2.24) is 14.5 Å². The van der Waals surface area contributed by atoms with Gasteiger partial charge in [-0.15, -0.1) is 0 Å². The van der Waals surface area contributed by atoms with Gasteiger partial charge in [-0.2, -0.15) is 31.4 Å². The topological polar surface area (TPSA) is 66.1 Å². The Morgan fingerprint density at radius 1 is 1.03 bits per heavy atom. The molecule has 0 saturated heterocycles. The lowest BCUT2D eigenvalue weighted by atomic mass is 9.88. The van der Waals surface area contributed by atoms with E-state index < -0.39 is 50.6 Å². The maximum atomic E-state index is 15.4. The number of benzene rings is 1. The fraction of sp³-hybridized carbons (Fsp3) is 0.526. The molecule has 5 rings (SSSR count). The van der Waals surface area contributed by atoms with Gasteiger partial charge in [-0.05, 0) is 61.8 Å². The molecule has 0 radical (unpaired) electrons. The van der Waals surface area contributed by atoms with Gasteiger partial charge in [-0.25, -0.2) is 8.42 Å². The Morgan fingerprint density at radius 3 is 2.17 bits per heavy atom. The number of nitrogens with one attached hydrogen (secondary N) is 1. The molecule has 5 nitrogen and oxygen atoms in total. The molecule has 2 aliphatic carbocycles. The maximum Gasteiger partial charge on any atom is 0.416 e. The van der Waals surface area contributed by atoms with E-state index in [0.29, 0.717) is 37.8 Å². The summed E-state index contributed by atoms with van der Waals surface area (Å²) in [5, 5.41) is 6.11. The third-order valence-electron chi connectivity index (χ3n) is 6.13. The predicted octanol–water partition coefficient (Wildman–Crippen LogP) is 4.45. The van der Waals surface area contributed by atoms with Crippen molar-refractivity contribution in [2.24, 2.45) is 11.8 Å². The van der Waals surface area contributed by atoms with Crippen LogP contribution in [0.1, 0.15) is 48.5 Å². The summed E-state index contributed by atoms with van der Waals surface area (Å²) in [7, 11) is -4.48. The molecule has 2 saturated carbocycles. The van der Waals surface area contributed by atoms with Gasteiger partial charge < -0.3 is 0 Å². The van der Waals surface area contributed by atoms with Crippen LogP contribution in [0, 0.1) is 11.8 Å². The zero-order valence-electron chi connectivity index (χ0n) is 15.5. The Labute approximate surface area is 169 Å². The summed E-state index contributed by atoms with van der Waals surface area (Å²) in [5.41, 5.74) is -1.20. The molecule has 1 aliphatic heterocycles. The fourth-order valence-electron chi connectivity index (χ4n) is 4.43. The van der Waals surface area contributed by atoms with Crippen molar-refractivity contribution in [3.8, 4) is 0 Å². The molecule has 2 heterocycles. The van der Waals surface area contributed by atoms with E-state index in [1.54, 1.807) is 0 Å². The van der Waals surface area contributed by atoms with Crippen molar-refractivity contribution in [2.75, 3.05) is 0 Å². The second kappa shape index (κ2) is 6.25. The van der Waals surface area contributed by atoms with Crippen molar-refractivity contribution < 1.29 is 30.4 Å². The Balaban J connectivity index is 1.65. The van der Waals surface area contributed by atoms with Gasteiger partial charge in [0.2, 0.25) is 10.0 Å². The van der Waals surface area contributed by atoms with Crippen molar-refractivity contribution in [2.45, 2.75) is 54.8 Å². The highest BCUT2D eigenvalue weighted by molar-refractivity contribution is 7.89. The molecule has 2 aromatic rings. The average molecular weight is 447 g/mol. The number of aromatic amines is 1. The normalized spacial score (nSPS) is 27.1. The second-order valence-electron chi connectivity index (χ2n) is 8.24. The molecule has 11 heteroatoms. The Bertz CT molecular complexity index is 1070. The van der Waals surface area contributed by atoms with Gasteiger partial charge in [0, 0.05) is 5.56 Å². The zero-order chi connectivity index (χ0) is 21.5. The van der Waals surface area contributed by atoms with E-state index >= 15 is 8.78 Å². The molecule has 3 aliphatic rings. The van der Waals surface area contributed by atoms with Crippen LogP contribution in [-0.4, -0.2) is 29.0 Å². The first kappa shape index (κ1) is 19.9. The number of alkyl halides is 5. The number of aromatic nitrogens is 2. The van der Waals surface area contributed by atoms with E-state index in [9.17, 15) is 21.6 Å². The minimum atomic E-state index is -4.63. The molecular weight excluding hydrogens is 429 g/mol. The monoisotopic (exact) mass is 447 g/mol. The third kappa shape index (κ3) is 2.96. The minimum Gasteiger partial charge on any atom is -0.276 e. The van der Waals surface area contributed by atoms with Gasteiger partial charge in [-0.1, -0.05) is 0 Å². The number of nitrogens with zero attached hydrogens (tertiary/aromatic N) is 2. The SMILES string of the molecule is O=S(=O)(c1ccc(C(F)(F)F)cc1)N1C(C2CC2)c2cn[nH]c2C(F)(F)C1C1CC1. The van der Waals surface area contributed by atoms with Crippen LogP contribution < -0.4 is 0 Å². The first-order valence-corrected chi connectivity index (χ1v) is 11.1. The number of sulfonamides is 1. The second-order valence-corrected chi connectivity index (χ2v) is 10.1. The molecule has 2 atom stereocenters. The molecule has 30 heavy (non-hydrogen) atoms. The van der Waals surface area contributed by atoms with Gasteiger partial charge in [0.25, 0.3) is 0 Å². The van der Waals surface area contributed by atoms with E-state index in [1.807, 2.05) is 0 Å². The van der Waals surface area contributed by atoms with E-state index in [-0.39, 0.29) is 17.2 Å². The molecule has 2 fully saturated rings. The summed E-state index contributed by atoms with van der Waals surface area (Å²) in [4.78, 5) is -0.422. The van der Waals surface area contributed by atoms with Crippen LogP contribution in [0.25, 0.3) is 0 Å². The molecule has 1 aromatic carbocycles. The highest BCUT2D eigenvalue weighted by Crippen LogP contribution is 2.59. The highest BCUT2D eigenvalue weighted by Gasteiger charge is 2.64. The van der Waals surface area contributed by atoms with Gasteiger partial charge in [0.1, 0.15) is 5.69 Å². The lowest BCUT2D eigenvalue weighted by Crippen LogP contribution is -2.56. The van der Waals surface area contributed by atoms with Gasteiger partial charge in [0.15, 0.2) is 0 Å². The predicted molar refractivity (Wildman–Crippen MR) is 94.9 cm³/mol. The highest BCUT2D eigenvalue weighted by atomic mass is 32.2. The number of fused-ring (bicyclic) bond motifs is 1. The minimum absolute atomic E-state index is 0.122. The first-order valence-electron chi connectivity index (χ1n) is 9.65. The van der Waals surface area contributed by atoms with Crippen LogP contribution in [-0.2, 0) is 22.1 Å². The van der Waals surface area contributed by atoms with Crippen LogP contribution in [0.15, 0.2) is 35.4 Å². The summed E-state index contributed by atoms with van der Waals surface area (Å²) in [5.74, 6) is -4.11. The lowest BCUT2D eigenvalue weighted by molar-refractivity contribution is -0.137. The van der Waals surface area contributed by atoms with Crippen molar-refractivity contribution in [3.05, 3.63) is 47.3 Å². The van der Waals surface area contributed by atoms with Gasteiger partial charge in [0.05, 0.1) is 28.7 Å². The van der Waals surface area contributed by atoms with E-state index in [0.717, 1.165) is 16.4 Å². The summed E-state index contributed by atoms with van der Waals surface area (Å²) in [6.07, 6.45) is -1.06. The molecule has 0 bridgehead atoms. The van der Waals surface area contributed by atoms with Crippen LogP contribution >= 0.6 is 0 Å². The number of hydrogen-bond donors (Lipinski definition) is 1. The Kier molecular flexibility index (Phi) is 4.15. The number of hydrogen-bond acceptors (Lipinski definition) is 3. The van der Waals surface area contributed by atoms with Crippen molar-refractivity contribution in [1.29, 1.82) is 0 Å². The van der Waals surface area contributed by atoms with E-state index in [1.165, 1.54) is 6.20 Å². The van der Waals surface area contributed by atoms with Crippen LogP contribution in [0.3, 0.4) is 0 Å². The molecule has 0 amide bonds. The zero-order valence-corrected chi connectivity index (χ0v) is 16.4. The molecular formula is C19H18F5N3O2S. The average Bonchev–Trinajstić information content (AvgIpc) is 3.59. The number of rotatable bonds is 4. The standard InChI is InChI=1S/C19H18F5N3O2S/c20-18(21)16-14(9-25-26-16)15(10-1-2-10)27(17(18)11-3-4-11)30(28,29)13-7-5-12(6-8-13)19(22,23)24/h5-11,15,17H,1-4H2,(H,25,26). The fourth-order valence-corrected chi connectivity index (χ4v) is 6.34. The molecule has 162 valence electrons. The molecule has 2 unspecified atom stereocenters. The summed E-state index contributed by atoms with van der Waals surface area (Å²) >= 11 is 0. The number of H-pyrrole nitrogens is 1. The van der Waals surface area contributed by atoms with Crippen LogP contribution in [0.2, 0.25) is 0 Å². The molecule has 1 N–H and O–H groups in total. The van der Waals surface area contributed by atoms with Crippen LogP contribution in [0.5, 0.6) is 0 Å². The summed E-state index contributed by atoms with van der Waals surface area (Å²) in [6.45, 7) is 0. The van der Waals surface area contributed by atoms with Gasteiger partial charge >= 0.3 is 12.1 Å². The first-order chi connectivity index (χ1) is 14.0. The lowest BCUT2D eigenvalue weighted by Gasteiger charge is -2.45. The molecule has 0 spiro atoms. The third-order valence-corrected chi connectivity index (χ3v) is 8.01. The van der Waals surface area contributed by atoms with Crippen molar-refractivity contribution in [3.63, 3.8) is 0 Å². The van der Waals surface area contributed by atoms with E-state index in [2.05, 4.69) is 10.2 Å². The van der Waals surface area contributed by atoms with Crippen LogP contribution in [0.4, 0.5) is 22.0 Å². The van der Waals surface area contributed by atoms with E-state index in [4.69, 9.17) is 0 Å². The van der Waals surface area contributed by atoms with Gasteiger partial charge in [-0.3, -0.25) is 5.10 Å².